The summed E-state index contributed by atoms with van der Waals surface area (Å²) in [7, 11) is 1.85. The normalized spacial score (nSPS) is 35.6. The van der Waals surface area contributed by atoms with Gasteiger partial charge in [0.1, 0.15) is 0 Å². The van der Waals surface area contributed by atoms with Gasteiger partial charge >= 0.3 is 0 Å². The maximum atomic E-state index is 11.6. The summed E-state index contributed by atoms with van der Waals surface area (Å²) in [6.07, 6.45) is 4.72. The number of allylic oxidation sites excluding steroid dienone is 1. The van der Waals surface area contributed by atoms with Gasteiger partial charge in [-0.05, 0) is 12.8 Å². The molecule has 12 heavy (non-hydrogen) atoms. The summed E-state index contributed by atoms with van der Waals surface area (Å²) in [6.45, 7) is 3.98. The highest BCUT2D eigenvalue weighted by Gasteiger charge is 2.42. The van der Waals surface area contributed by atoms with E-state index in [0.717, 1.165) is 12.1 Å². The van der Waals surface area contributed by atoms with Gasteiger partial charge in [0.25, 0.3) is 0 Å². The van der Waals surface area contributed by atoms with Crippen molar-refractivity contribution in [3.05, 3.63) is 12.3 Å². The Morgan fingerprint density at radius 3 is 2.50 bits per heavy atom. The number of nitrogens with zero attached hydrogens (tertiary/aromatic N) is 1. The van der Waals surface area contributed by atoms with Crippen LogP contribution in [0.15, 0.2) is 12.3 Å². The van der Waals surface area contributed by atoms with Gasteiger partial charge in [-0.1, -0.05) is 19.4 Å². The van der Waals surface area contributed by atoms with Gasteiger partial charge < -0.3 is 4.90 Å². The minimum Gasteiger partial charge on any atom is -0.319 e. The number of rotatable bonds is 0. The molecule has 1 aliphatic heterocycles. The highest BCUT2D eigenvalue weighted by molar-refractivity contribution is 5.84. The largest absolute Gasteiger partial charge is 0.319 e. The SMILES string of the molecule is C=C1[C@@H]2CCCCC2C(=O)N1C. The summed E-state index contributed by atoms with van der Waals surface area (Å²) in [5.41, 5.74) is 1.05. The van der Waals surface area contributed by atoms with Crippen molar-refractivity contribution in [2.75, 3.05) is 7.05 Å². The first-order valence-electron chi connectivity index (χ1n) is 4.68. The van der Waals surface area contributed by atoms with Crippen LogP contribution in [0.2, 0.25) is 0 Å². The van der Waals surface area contributed by atoms with E-state index >= 15 is 0 Å². The lowest BCUT2D eigenvalue weighted by molar-refractivity contribution is -0.130. The van der Waals surface area contributed by atoms with Crippen LogP contribution in [0.5, 0.6) is 0 Å². The van der Waals surface area contributed by atoms with Crippen molar-refractivity contribution in [1.29, 1.82) is 0 Å². The third-order valence-electron chi connectivity index (χ3n) is 3.27. The van der Waals surface area contributed by atoms with Gasteiger partial charge in [-0.3, -0.25) is 4.79 Å². The number of fused-ring (bicyclic) bond motifs is 1. The smallest absolute Gasteiger partial charge is 0.230 e. The molecule has 1 saturated heterocycles. The Morgan fingerprint density at radius 2 is 1.92 bits per heavy atom. The number of hydrogen-bond acceptors (Lipinski definition) is 1. The zero-order valence-electron chi connectivity index (χ0n) is 7.55. The molecule has 0 radical (unpaired) electrons. The second-order valence-corrected chi connectivity index (χ2v) is 3.89. The van der Waals surface area contributed by atoms with E-state index in [-0.39, 0.29) is 5.92 Å². The van der Waals surface area contributed by atoms with Crippen molar-refractivity contribution in [1.82, 2.24) is 4.90 Å². The van der Waals surface area contributed by atoms with Gasteiger partial charge in [-0.25, -0.2) is 0 Å². The molecule has 0 N–H and O–H groups in total. The summed E-state index contributed by atoms with van der Waals surface area (Å²) in [5.74, 6) is 1.04. The fourth-order valence-electron chi connectivity index (χ4n) is 2.46. The fraction of sp³-hybridized carbons (Fsp3) is 0.700. The van der Waals surface area contributed by atoms with Crippen LogP contribution in [0.3, 0.4) is 0 Å². The van der Waals surface area contributed by atoms with Crippen LogP contribution in [0.25, 0.3) is 0 Å². The van der Waals surface area contributed by atoms with E-state index in [1.54, 1.807) is 4.90 Å². The van der Waals surface area contributed by atoms with E-state index in [0.29, 0.717) is 11.8 Å². The van der Waals surface area contributed by atoms with Crippen LogP contribution in [-0.2, 0) is 4.79 Å². The van der Waals surface area contributed by atoms with E-state index in [1.807, 2.05) is 7.05 Å². The van der Waals surface area contributed by atoms with Crippen LogP contribution in [-0.4, -0.2) is 17.9 Å². The van der Waals surface area contributed by atoms with E-state index in [2.05, 4.69) is 6.58 Å². The highest BCUT2D eigenvalue weighted by Crippen LogP contribution is 2.41. The molecule has 1 amide bonds. The first-order chi connectivity index (χ1) is 5.72. The van der Waals surface area contributed by atoms with Gasteiger partial charge in [0.05, 0.1) is 0 Å². The van der Waals surface area contributed by atoms with Crippen LogP contribution >= 0.6 is 0 Å². The average molecular weight is 165 g/mol. The molecule has 2 heteroatoms. The van der Waals surface area contributed by atoms with Gasteiger partial charge in [-0.2, -0.15) is 0 Å². The predicted octanol–water partition coefficient (Wildman–Crippen LogP) is 1.78. The molecule has 2 rings (SSSR count). The van der Waals surface area contributed by atoms with Gasteiger partial charge in [0.2, 0.25) is 5.91 Å². The van der Waals surface area contributed by atoms with Crippen LogP contribution < -0.4 is 0 Å². The number of likely N-dealkylation sites (tertiary alicyclic amines) is 1. The molecule has 0 aromatic rings. The Kier molecular flexibility index (Phi) is 1.71. The minimum absolute atomic E-state index is 0.274. The molecule has 0 bridgehead atoms. The van der Waals surface area contributed by atoms with Crippen molar-refractivity contribution in [3.63, 3.8) is 0 Å². The highest BCUT2D eigenvalue weighted by atomic mass is 16.2. The lowest BCUT2D eigenvalue weighted by atomic mass is 9.80. The van der Waals surface area contributed by atoms with Crippen LogP contribution in [0.4, 0.5) is 0 Å². The van der Waals surface area contributed by atoms with E-state index in [9.17, 15) is 4.79 Å². The number of carbonyl (C=O) groups is 1. The first kappa shape index (κ1) is 7.84. The number of amides is 1. The summed E-state index contributed by atoms with van der Waals surface area (Å²) in [4.78, 5) is 13.4. The molecule has 1 unspecified atom stereocenters. The fourth-order valence-corrected chi connectivity index (χ4v) is 2.46. The van der Waals surface area contributed by atoms with Crippen molar-refractivity contribution in [3.8, 4) is 0 Å². The molecule has 1 heterocycles. The standard InChI is InChI=1S/C10H15NO/c1-7-8-5-3-4-6-9(8)10(12)11(7)2/h8-9H,1,3-6H2,2H3/t8-,9?/m0/s1. The number of hydrogen-bond donors (Lipinski definition) is 0. The van der Waals surface area contributed by atoms with Gasteiger partial charge in [0, 0.05) is 24.6 Å². The Labute approximate surface area is 73.2 Å². The van der Waals surface area contributed by atoms with Gasteiger partial charge in [0.15, 0.2) is 0 Å². The average Bonchev–Trinajstić information content (AvgIpc) is 2.33. The molecular formula is C10H15NO. The maximum Gasteiger partial charge on any atom is 0.230 e. The number of carbonyl (C=O) groups excluding carboxylic acids is 1. The molecular weight excluding hydrogens is 150 g/mol. The summed E-state index contributed by atoms with van der Waals surface area (Å²) in [5, 5.41) is 0. The molecule has 1 saturated carbocycles. The van der Waals surface area contributed by atoms with Crippen molar-refractivity contribution in [2.24, 2.45) is 11.8 Å². The van der Waals surface area contributed by atoms with Crippen molar-refractivity contribution >= 4 is 5.91 Å². The quantitative estimate of drug-likeness (QED) is 0.535. The maximum absolute atomic E-state index is 11.6. The predicted molar refractivity (Wildman–Crippen MR) is 47.4 cm³/mol. The summed E-state index contributed by atoms with van der Waals surface area (Å²) in [6, 6.07) is 0. The monoisotopic (exact) mass is 165 g/mol. The lowest BCUT2D eigenvalue weighted by Crippen LogP contribution is -2.23. The molecule has 2 nitrogen and oxygen atoms in total. The molecule has 2 fully saturated rings. The Bertz CT molecular complexity index is 210. The third-order valence-corrected chi connectivity index (χ3v) is 3.27. The molecule has 0 spiro atoms. The van der Waals surface area contributed by atoms with Crippen molar-refractivity contribution in [2.45, 2.75) is 25.7 Å². The molecule has 0 aromatic heterocycles. The molecule has 2 atom stereocenters. The third kappa shape index (κ3) is 0.904. The van der Waals surface area contributed by atoms with E-state index in [4.69, 9.17) is 0 Å². The Hall–Kier alpha value is -0.790. The lowest BCUT2D eigenvalue weighted by Gasteiger charge is -2.22. The molecule has 1 aliphatic carbocycles. The topological polar surface area (TPSA) is 20.3 Å². The van der Waals surface area contributed by atoms with Crippen molar-refractivity contribution < 1.29 is 4.79 Å². The molecule has 0 aromatic carbocycles. The Balaban J connectivity index is 2.25. The van der Waals surface area contributed by atoms with Gasteiger partial charge in [-0.15, -0.1) is 0 Å². The molecule has 66 valence electrons. The summed E-state index contributed by atoms with van der Waals surface area (Å²) < 4.78 is 0. The van der Waals surface area contributed by atoms with Crippen LogP contribution in [0, 0.1) is 11.8 Å². The molecule has 2 aliphatic rings. The van der Waals surface area contributed by atoms with Crippen LogP contribution in [0.1, 0.15) is 25.7 Å². The van der Waals surface area contributed by atoms with E-state index in [1.165, 1.54) is 19.3 Å². The van der Waals surface area contributed by atoms with E-state index < -0.39 is 0 Å². The summed E-state index contributed by atoms with van der Waals surface area (Å²) >= 11 is 0. The second-order valence-electron chi connectivity index (χ2n) is 3.89. The zero-order valence-corrected chi connectivity index (χ0v) is 7.55. The zero-order chi connectivity index (χ0) is 8.72. The minimum atomic E-state index is 0.274. The first-order valence-corrected chi connectivity index (χ1v) is 4.68. The second kappa shape index (κ2) is 2.61. The Morgan fingerprint density at radius 1 is 1.33 bits per heavy atom.